The summed E-state index contributed by atoms with van der Waals surface area (Å²) in [6.45, 7) is 0.318. The van der Waals surface area contributed by atoms with Crippen LogP contribution in [-0.4, -0.2) is 35.5 Å². The second-order valence-electron chi connectivity index (χ2n) is 8.04. The van der Waals surface area contributed by atoms with E-state index in [0.717, 1.165) is 27.7 Å². The fourth-order valence-corrected chi connectivity index (χ4v) is 7.21. The molecule has 0 N–H and O–H groups in total. The number of hydrogen-bond donors (Lipinski definition) is 0. The Morgan fingerprint density at radius 1 is 0.829 bits per heavy atom. The lowest BCUT2D eigenvalue weighted by atomic mass is 10.1. The molecule has 0 radical (unpaired) electrons. The van der Waals surface area contributed by atoms with Gasteiger partial charge in [-0.1, -0.05) is 65.8 Å². The van der Waals surface area contributed by atoms with Gasteiger partial charge in [0.25, 0.3) is 10.0 Å². The van der Waals surface area contributed by atoms with Crippen LogP contribution < -0.4 is 4.31 Å². The van der Waals surface area contributed by atoms with E-state index in [0.29, 0.717) is 33.2 Å². The van der Waals surface area contributed by atoms with E-state index in [4.69, 9.17) is 11.6 Å². The lowest BCUT2D eigenvalue weighted by Gasteiger charge is -2.18. The van der Waals surface area contributed by atoms with Crippen LogP contribution in [0.15, 0.2) is 101 Å². The van der Waals surface area contributed by atoms with E-state index < -0.39 is 10.0 Å². The summed E-state index contributed by atoms with van der Waals surface area (Å²) in [5.41, 5.74) is 2.54. The first-order valence-electron chi connectivity index (χ1n) is 11.0. The Morgan fingerprint density at radius 2 is 1.57 bits per heavy atom. The molecule has 0 atom stereocenters. The Bertz CT molecular complexity index is 1650. The number of para-hydroxylation sites is 1. The molecule has 0 unspecified atom stereocenters. The number of thioether (sulfide) groups is 1. The highest BCUT2D eigenvalue weighted by molar-refractivity contribution is 7.99. The molecule has 1 aromatic heterocycles. The summed E-state index contributed by atoms with van der Waals surface area (Å²) in [6.07, 6.45) is 0. The smallest absolute Gasteiger partial charge is 0.265 e. The van der Waals surface area contributed by atoms with Crippen molar-refractivity contribution in [1.29, 1.82) is 0 Å². The lowest BCUT2D eigenvalue weighted by molar-refractivity contribution is 0.595. The molecule has 0 saturated carbocycles. The summed E-state index contributed by atoms with van der Waals surface area (Å²) < 4.78 is 30.1. The van der Waals surface area contributed by atoms with Crippen molar-refractivity contribution < 1.29 is 8.42 Å². The minimum absolute atomic E-state index is 0.318. The minimum atomic E-state index is -3.59. The quantitative estimate of drug-likeness (QED) is 0.256. The van der Waals surface area contributed by atoms with E-state index >= 15 is 0 Å². The van der Waals surface area contributed by atoms with Gasteiger partial charge in [0.2, 0.25) is 0 Å². The van der Waals surface area contributed by atoms with Gasteiger partial charge in [0, 0.05) is 34.0 Å². The molecule has 2 heterocycles. The van der Waals surface area contributed by atoms with E-state index in [-0.39, 0.29) is 0 Å². The highest BCUT2D eigenvalue weighted by Gasteiger charge is 2.35. The largest absolute Gasteiger partial charge is 0.270 e. The molecule has 0 spiro atoms. The van der Waals surface area contributed by atoms with E-state index in [1.807, 2.05) is 83.4 Å². The molecule has 0 fully saturated rings. The summed E-state index contributed by atoms with van der Waals surface area (Å²) in [6, 6.07) is 28.5. The number of anilines is 1. The van der Waals surface area contributed by atoms with Crippen molar-refractivity contribution in [3.63, 3.8) is 0 Å². The van der Waals surface area contributed by atoms with Crippen molar-refractivity contribution in [3.8, 4) is 17.1 Å². The minimum Gasteiger partial charge on any atom is -0.270 e. The van der Waals surface area contributed by atoms with Crippen LogP contribution in [0.25, 0.3) is 27.8 Å². The fourth-order valence-electron chi connectivity index (χ4n) is 4.38. The third-order valence-corrected chi connectivity index (χ3v) is 8.97. The summed E-state index contributed by atoms with van der Waals surface area (Å²) in [5.74, 6) is 1.20. The Hall–Kier alpha value is -3.33. The average Bonchev–Trinajstić information content (AvgIpc) is 3.39. The van der Waals surface area contributed by atoms with E-state index in [1.165, 1.54) is 16.1 Å². The molecule has 1 aliphatic rings. The summed E-state index contributed by atoms with van der Waals surface area (Å²) >= 11 is 7.55. The summed E-state index contributed by atoms with van der Waals surface area (Å²) in [7, 11) is -3.59. The van der Waals surface area contributed by atoms with Crippen LogP contribution in [0.3, 0.4) is 0 Å². The van der Waals surface area contributed by atoms with Crippen molar-refractivity contribution in [2.45, 2.75) is 10.1 Å². The van der Waals surface area contributed by atoms with Crippen LogP contribution >= 0.6 is 23.4 Å². The standard InChI is InChI=1S/C26H19ClN4O2S2/c27-20-14-12-19(13-15-20)25-28-29-26(31(25)21-8-2-1-3-9-21)34-17-16-30-22-10-4-6-18-7-5-11-23(24(18)22)35(30,32)33/h1-15H,16-17H2. The molecule has 5 aromatic rings. The van der Waals surface area contributed by atoms with Gasteiger partial charge >= 0.3 is 0 Å². The molecule has 35 heavy (non-hydrogen) atoms. The first kappa shape index (κ1) is 22.2. The van der Waals surface area contributed by atoms with Crippen LogP contribution in [0, 0.1) is 0 Å². The van der Waals surface area contributed by atoms with Crippen molar-refractivity contribution >= 4 is 49.8 Å². The molecule has 9 heteroatoms. The number of aromatic nitrogens is 3. The number of nitrogens with zero attached hydrogens (tertiary/aromatic N) is 4. The first-order valence-corrected chi connectivity index (χ1v) is 13.8. The van der Waals surface area contributed by atoms with Gasteiger partial charge in [-0.15, -0.1) is 10.2 Å². The van der Waals surface area contributed by atoms with Gasteiger partial charge < -0.3 is 0 Å². The number of sulfonamides is 1. The van der Waals surface area contributed by atoms with Gasteiger partial charge in [0.1, 0.15) is 0 Å². The number of rotatable bonds is 6. The second kappa shape index (κ2) is 8.71. The summed E-state index contributed by atoms with van der Waals surface area (Å²) in [5, 5.41) is 12.0. The molecule has 0 amide bonds. The predicted octanol–water partition coefficient (Wildman–Crippen LogP) is 6.04. The SMILES string of the molecule is O=S1(=O)c2cccc3cccc(c23)N1CCSc1nnc(-c2ccc(Cl)cc2)n1-c1ccccc1. The van der Waals surface area contributed by atoms with E-state index in [1.54, 1.807) is 12.1 Å². The van der Waals surface area contributed by atoms with Crippen LogP contribution in [0.4, 0.5) is 5.69 Å². The topological polar surface area (TPSA) is 68.1 Å². The van der Waals surface area contributed by atoms with Gasteiger partial charge in [-0.3, -0.25) is 8.87 Å². The normalized spacial score (nSPS) is 14.0. The van der Waals surface area contributed by atoms with Crippen LogP contribution in [0.2, 0.25) is 5.02 Å². The van der Waals surface area contributed by atoms with Crippen molar-refractivity contribution in [1.82, 2.24) is 14.8 Å². The van der Waals surface area contributed by atoms with Crippen LogP contribution in [-0.2, 0) is 10.0 Å². The number of halogens is 1. The molecule has 174 valence electrons. The molecule has 4 aromatic carbocycles. The van der Waals surface area contributed by atoms with Crippen LogP contribution in [0.1, 0.15) is 0 Å². The Balaban J connectivity index is 1.31. The molecule has 0 aliphatic carbocycles. The molecule has 6 rings (SSSR count). The second-order valence-corrected chi connectivity index (χ2v) is 11.4. The van der Waals surface area contributed by atoms with Gasteiger partial charge in [0.05, 0.1) is 10.6 Å². The zero-order valence-corrected chi connectivity index (χ0v) is 20.8. The van der Waals surface area contributed by atoms with Gasteiger partial charge in [-0.05, 0) is 53.9 Å². The van der Waals surface area contributed by atoms with Crippen molar-refractivity contribution in [2.24, 2.45) is 0 Å². The molecule has 0 saturated heterocycles. The zero-order valence-electron chi connectivity index (χ0n) is 18.4. The molecule has 0 bridgehead atoms. The zero-order chi connectivity index (χ0) is 24.0. The van der Waals surface area contributed by atoms with Crippen molar-refractivity contribution in [3.05, 3.63) is 96.0 Å². The fraction of sp³-hybridized carbons (Fsp3) is 0.0769. The monoisotopic (exact) mass is 518 g/mol. The van der Waals surface area contributed by atoms with Gasteiger partial charge in [-0.2, -0.15) is 0 Å². The summed E-state index contributed by atoms with van der Waals surface area (Å²) in [4.78, 5) is 0.369. The Morgan fingerprint density at radius 3 is 2.34 bits per heavy atom. The number of hydrogen-bond acceptors (Lipinski definition) is 5. The molecule has 1 aliphatic heterocycles. The van der Waals surface area contributed by atoms with E-state index in [2.05, 4.69) is 10.2 Å². The van der Waals surface area contributed by atoms with Gasteiger partial charge in [0.15, 0.2) is 11.0 Å². The maximum absolute atomic E-state index is 13.3. The molecule has 6 nitrogen and oxygen atoms in total. The average molecular weight is 519 g/mol. The maximum atomic E-state index is 13.3. The van der Waals surface area contributed by atoms with Gasteiger partial charge in [-0.25, -0.2) is 8.42 Å². The maximum Gasteiger partial charge on any atom is 0.265 e. The lowest BCUT2D eigenvalue weighted by Crippen LogP contribution is -2.29. The first-order chi connectivity index (χ1) is 17.0. The van der Waals surface area contributed by atoms with Crippen molar-refractivity contribution in [2.75, 3.05) is 16.6 Å². The predicted molar refractivity (Wildman–Crippen MR) is 141 cm³/mol. The third-order valence-electron chi connectivity index (χ3n) is 5.96. The number of benzene rings is 4. The molecular formula is C26H19ClN4O2S2. The molecular weight excluding hydrogens is 500 g/mol. The highest BCUT2D eigenvalue weighted by Crippen LogP contribution is 2.42. The van der Waals surface area contributed by atoms with Crippen LogP contribution in [0.5, 0.6) is 0 Å². The Kier molecular flexibility index (Phi) is 5.51. The van der Waals surface area contributed by atoms with E-state index in [9.17, 15) is 8.42 Å². The Labute approximate surface area is 212 Å². The highest BCUT2D eigenvalue weighted by atomic mass is 35.5. The third kappa shape index (κ3) is 3.78.